The number of likely N-dealkylation sites (tertiary alicyclic amines) is 1. The fourth-order valence-corrected chi connectivity index (χ4v) is 4.58. The quantitative estimate of drug-likeness (QED) is 0.817. The van der Waals surface area contributed by atoms with Crippen molar-refractivity contribution >= 4 is 11.8 Å². The molecule has 2 N–H and O–H groups in total. The largest absolute Gasteiger partial charge is 0.505 e. The highest BCUT2D eigenvalue weighted by atomic mass is 16.5. The Morgan fingerprint density at radius 1 is 1.41 bits per heavy atom. The van der Waals surface area contributed by atoms with Crippen LogP contribution in [-0.2, 0) is 9.53 Å². The monoisotopic (exact) mass is 374 g/mol. The zero-order chi connectivity index (χ0) is 18.9. The van der Waals surface area contributed by atoms with E-state index in [0.717, 1.165) is 52.0 Å². The van der Waals surface area contributed by atoms with Crippen molar-refractivity contribution in [1.82, 2.24) is 20.3 Å². The molecule has 1 aromatic heterocycles. The second kappa shape index (κ2) is 7.44. The molecule has 8 nitrogen and oxygen atoms in total. The smallest absolute Gasteiger partial charge is 0.295 e. The van der Waals surface area contributed by atoms with Gasteiger partial charge in [-0.1, -0.05) is 0 Å². The number of aromatic hydroxyl groups is 1. The molecule has 146 valence electrons. The molecule has 2 amide bonds. The predicted molar refractivity (Wildman–Crippen MR) is 96.8 cm³/mol. The van der Waals surface area contributed by atoms with Gasteiger partial charge < -0.3 is 14.7 Å². The van der Waals surface area contributed by atoms with E-state index in [1.165, 1.54) is 17.3 Å². The number of carbonyl (C=O) groups excluding carboxylic acids is 2. The molecule has 3 aliphatic heterocycles. The van der Waals surface area contributed by atoms with E-state index >= 15 is 0 Å². The Balaban J connectivity index is 1.53. The van der Waals surface area contributed by atoms with E-state index in [9.17, 15) is 14.7 Å². The van der Waals surface area contributed by atoms with Crippen LogP contribution in [0.3, 0.4) is 0 Å². The summed E-state index contributed by atoms with van der Waals surface area (Å²) < 4.78 is 5.45. The van der Waals surface area contributed by atoms with Crippen molar-refractivity contribution in [3.05, 3.63) is 24.0 Å². The van der Waals surface area contributed by atoms with Gasteiger partial charge in [0.2, 0.25) is 5.91 Å². The predicted octanol–water partition coefficient (Wildman–Crippen LogP) is 0.925. The number of nitrogens with zero attached hydrogens (tertiary/aromatic N) is 3. The molecular formula is C19H26N4O4. The minimum absolute atomic E-state index is 0.0272. The van der Waals surface area contributed by atoms with Gasteiger partial charge >= 0.3 is 0 Å². The Morgan fingerprint density at radius 2 is 2.22 bits per heavy atom. The molecule has 1 aromatic rings. The summed E-state index contributed by atoms with van der Waals surface area (Å²) in [5, 5.41) is 11.4. The molecule has 0 aliphatic carbocycles. The van der Waals surface area contributed by atoms with Gasteiger partial charge in [-0.25, -0.2) is 9.99 Å². The van der Waals surface area contributed by atoms with E-state index in [4.69, 9.17) is 4.74 Å². The van der Waals surface area contributed by atoms with Crippen LogP contribution in [0, 0.1) is 5.92 Å². The average Bonchev–Trinajstić information content (AvgIpc) is 2.97. The van der Waals surface area contributed by atoms with Gasteiger partial charge in [0.1, 0.15) is 5.75 Å². The Bertz CT molecular complexity index is 721. The standard InChI is InChI=1S/C19H26N4O4/c24-15-3-1-7-20-17(15)18(26)23-19(11-16(25)21-23)6-2-8-22(13-19)12-14-4-9-27-10-5-14/h1,3,7,14,24H,2,4-6,8-13H2,(H,21,25). The van der Waals surface area contributed by atoms with Crippen LogP contribution in [0.15, 0.2) is 18.3 Å². The van der Waals surface area contributed by atoms with Crippen molar-refractivity contribution in [2.75, 3.05) is 32.8 Å². The van der Waals surface area contributed by atoms with E-state index in [1.807, 2.05) is 0 Å². The first kappa shape index (κ1) is 18.2. The molecule has 1 unspecified atom stereocenters. The zero-order valence-electron chi connectivity index (χ0n) is 15.4. The summed E-state index contributed by atoms with van der Waals surface area (Å²) in [6, 6.07) is 3.00. The number of amides is 2. The third kappa shape index (κ3) is 3.64. The molecule has 3 saturated heterocycles. The van der Waals surface area contributed by atoms with Crippen LogP contribution in [0.25, 0.3) is 0 Å². The molecule has 3 aliphatic rings. The minimum Gasteiger partial charge on any atom is -0.505 e. The van der Waals surface area contributed by atoms with Gasteiger partial charge in [-0.2, -0.15) is 0 Å². The zero-order valence-corrected chi connectivity index (χ0v) is 15.4. The fraction of sp³-hybridized carbons (Fsp3) is 0.632. The number of ether oxygens (including phenoxy) is 1. The SMILES string of the molecule is O=C1CC2(CCCN(CC3CCOCC3)C2)N(C(=O)c2ncccc2O)N1. The number of pyridine rings is 1. The lowest BCUT2D eigenvalue weighted by molar-refractivity contribution is -0.120. The van der Waals surface area contributed by atoms with Crippen LogP contribution in [0.1, 0.15) is 42.6 Å². The molecular weight excluding hydrogens is 348 g/mol. The van der Waals surface area contributed by atoms with Gasteiger partial charge in [0.05, 0.1) is 12.0 Å². The summed E-state index contributed by atoms with van der Waals surface area (Å²) in [5.74, 6) is -0.185. The molecule has 0 aromatic carbocycles. The maximum Gasteiger partial charge on any atom is 0.295 e. The third-order valence-corrected chi connectivity index (χ3v) is 5.88. The number of aromatic nitrogens is 1. The van der Waals surface area contributed by atoms with Crippen LogP contribution in [0.2, 0.25) is 0 Å². The lowest BCUT2D eigenvalue weighted by Gasteiger charge is -2.45. The topological polar surface area (TPSA) is 95.0 Å². The van der Waals surface area contributed by atoms with E-state index in [-0.39, 0.29) is 23.8 Å². The highest BCUT2D eigenvalue weighted by Crippen LogP contribution is 2.36. The second-order valence-corrected chi connectivity index (χ2v) is 7.84. The van der Waals surface area contributed by atoms with Gasteiger partial charge in [0.25, 0.3) is 5.91 Å². The van der Waals surface area contributed by atoms with Crippen LogP contribution in [0.4, 0.5) is 0 Å². The van der Waals surface area contributed by atoms with Crippen molar-refractivity contribution in [3.8, 4) is 5.75 Å². The number of hydrogen-bond donors (Lipinski definition) is 2. The summed E-state index contributed by atoms with van der Waals surface area (Å²) in [7, 11) is 0. The highest BCUT2D eigenvalue weighted by molar-refractivity contribution is 5.98. The van der Waals surface area contributed by atoms with Crippen LogP contribution in [0.5, 0.6) is 5.75 Å². The molecule has 4 rings (SSSR count). The Hall–Kier alpha value is -2.19. The van der Waals surface area contributed by atoms with Gasteiger partial charge in [0, 0.05) is 32.5 Å². The summed E-state index contributed by atoms with van der Waals surface area (Å²) in [6.45, 7) is 4.23. The number of hydrazine groups is 1. The van der Waals surface area contributed by atoms with E-state index in [1.54, 1.807) is 6.07 Å². The van der Waals surface area contributed by atoms with Crippen molar-refractivity contribution in [2.45, 2.75) is 37.6 Å². The number of hydrogen-bond acceptors (Lipinski definition) is 6. The first-order valence-corrected chi connectivity index (χ1v) is 9.65. The van der Waals surface area contributed by atoms with Crippen molar-refractivity contribution < 1.29 is 19.4 Å². The molecule has 0 radical (unpaired) electrons. The van der Waals surface area contributed by atoms with E-state index in [2.05, 4.69) is 15.3 Å². The Labute approximate surface area is 158 Å². The van der Waals surface area contributed by atoms with Crippen molar-refractivity contribution in [3.63, 3.8) is 0 Å². The van der Waals surface area contributed by atoms with Gasteiger partial charge in [-0.05, 0) is 50.3 Å². The summed E-state index contributed by atoms with van der Waals surface area (Å²) in [6.07, 6.45) is 5.56. The number of piperidine rings is 1. The molecule has 8 heteroatoms. The number of carbonyl (C=O) groups is 2. The third-order valence-electron chi connectivity index (χ3n) is 5.88. The average molecular weight is 374 g/mol. The summed E-state index contributed by atoms with van der Waals surface area (Å²) in [4.78, 5) is 31.7. The van der Waals surface area contributed by atoms with Crippen molar-refractivity contribution in [1.29, 1.82) is 0 Å². The first-order valence-electron chi connectivity index (χ1n) is 9.65. The van der Waals surface area contributed by atoms with Gasteiger partial charge in [-0.15, -0.1) is 0 Å². The first-order chi connectivity index (χ1) is 13.1. The summed E-state index contributed by atoms with van der Waals surface area (Å²) >= 11 is 0. The van der Waals surface area contributed by atoms with Crippen LogP contribution < -0.4 is 5.43 Å². The molecule has 4 heterocycles. The van der Waals surface area contributed by atoms with Gasteiger partial charge in [-0.3, -0.25) is 15.0 Å². The molecule has 1 atom stereocenters. The number of nitrogens with one attached hydrogen (secondary N) is 1. The van der Waals surface area contributed by atoms with Crippen LogP contribution >= 0.6 is 0 Å². The Kier molecular flexibility index (Phi) is 5.01. The lowest BCUT2D eigenvalue weighted by Crippen LogP contribution is -2.60. The lowest BCUT2D eigenvalue weighted by atomic mass is 9.85. The molecule has 27 heavy (non-hydrogen) atoms. The Morgan fingerprint density at radius 3 is 3.00 bits per heavy atom. The fourth-order valence-electron chi connectivity index (χ4n) is 4.58. The van der Waals surface area contributed by atoms with Crippen LogP contribution in [-0.4, -0.2) is 70.2 Å². The minimum atomic E-state index is -0.582. The molecule has 0 bridgehead atoms. The number of rotatable bonds is 3. The van der Waals surface area contributed by atoms with Gasteiger partial charge in [0.15, 0.2) is 5.69 Å². The van der Waals surface area contributed by atoms with E-state index < -0.39 is 11.4 Å². The maximum atomic E-state index is 13.0. The van der Waals surface area contributed by atoms with Crippen molar-refractivity contribution in [2.24, 2.45) is 5.92 Å². The molecule has 3 fully saturated rings. The van der Waals surface area contributed by atoms with E-state index in [0.29, 0.717) is 12.5 Å². The molecule has 0 saturated carbocycles. The maximum absolute atomic E-state index is 13.0. The molecule has 1 spiro atoms. The summed E-state index contributed by atoms with van der Waals surface area (Å²) in [5.41, 5.74) is 2.10. The normalized spacial score (nSPS) is 27.1. The second-order valence-electron chi connectivity index (χ2n) is 7.84. The highest BCUT2D eigenvalue weighted by Gasteiger charge is 2.51.